The molecule has 1 aromatic heterocycles. The van der Waals surface area contributed by atoms with Gasteiger partial charge in [0.25, 0.3) is 5.91 Å². The first-order valence-corrected chi connectivity index (χ1v) is 14.5. The zero-order valence-electron chi connectivity index (χ0n) is 20.3. The fourth-order valence-electron chi connectivity index (χ4n) is 5.03. The smallest absolute Gasteiger partial charge is 0.258 e. The number of aliphatic hydroxyl groups excluding tert-OH is 1. The number of carbonyl (C=O) groups is 2. The summed E-state index contributed by atoms with van der Waals surface area (Å²) in [6.07, 6.45) is -0.801. The average Bonchev–Trinajstić information content (AvgIpc) is 3.34. The van der Waals surface area contributed by atoms with Crippen LogP contribution in [0.5, 0.6) is 0 Å². The van der Waals surface area contributed by atoms with Crippen molar-refractivity contribution < 1.29 is 27.9 Å². The Labute approximate surface area is 230 Å². The average molecular weight is 575 g/mol. The van der Waals surface area contributed by atoms with Gasteiger partial charge in [0.1, 0.15) is 6.10 Å². The molecule has 38 heavy (non-hydrogen) atoms. The first kappa shape index (κ1) is 26.8. The van der Waals surface area contributed by atoms with E-state index >= 15 is 0 Å². The highest BCUT2D eigenvalue weighted by Gasteiger charge is 2.59. The number of halogens is 2. The minimum atomic E-state index is -3.38. The molecule has 3 aromatic rings. The largest absolute Gasteiger partial charge is 0.385 e. The second-order valence-corrected chi connectivity index (χ2v) is 12.5. The number of amides is 1. The van der Waals surface area contributed by atoms with E-state index < -0.39 is 39.5 Å². The summed E-state index contributed by atoms with van der Waals surface area (Å²) in [5.41, 5.74) is 0.0373. The quantitative estimate of drug-likeness (QED) is 0.453. The highest BCUT2D eigenvalue weighted by Crippen LogP contribution is 2.47. The lowest BCUT2D eigenvalue weighted by Crippen LogP contribution is -2.56. The SMILES string of the molecule is CC(O)C(=O)[C@]1(OC2CCS(=O)(=O)C2)c2cccc(-c3ccc(Cl)cc3)c2C(=O)N1Cc1ccc(Cl)cn1. The molecule has 1 saturated heterocycles. The summed E-state index contributed by atoms with van der Waals surface area (Å²) >= 11 is 12.1. The predicted molar refractivity (Wildman–Crippen MR) is 143 cm³/mol. The van der Waals surface area contributed by atoms with E-state index in [2.05, 4.69) is 4.98 Å². The summed E-state index contributed by atoms with van der Waals surface area (Å²) in [6.45, 7) is 1.14. The van der Waals surface area contributed by atoms with Crippen LogP contribution in [0.15, 0.2) is 60.8 Å². The van der Waals surface area contributed by atoms with Gasteiger partial charge in [-0.3, -0.25) is 19.5 Å². The van der Waals surface area contributed by atoms with Crippen LogP contribution in [0.2, 0.25) is 10.0 Å². The van der Waals surface area contributed by atoms with Crippen molar-refractivity contribution >= 4 is 44.7 Å². The van der Waals surface area contributed by atoms with Crippen molar-refractivity contribution in [2.24, 2.45) is 0 Å². The molecule has 1 amide bonds. The van der Waals surface area contributed by atoms with E-state index in [-0.39, 0.29) is 35.6 Å². The van der Waals surface area contributed by atoms with Crippen LogP contribution in [0.4, 0.5) is 0 Å². The molecule has 0 bridgehead atoms. The summed E-state index contributed by atoms with van der Waals surface area (Å²) in [4.78, 5) is 33.6. The topological polar surface area (TPSA) is 114 Å². The highest BCUT2D eigenvalue weighted by molar-refractivity contribution is 7.91. The van der Waals surface area contributed by atoms with Crippen LogP contribution in [0.1, 0.15) is 35.0 Å². The molecule has 0 radical (unpaired) electrons. The number of sulfone groups is 1. The van der Waals surface area contributed by atoms with E-state index in [0.29, 0.717) is 26.9 Å². The van der Waals surface area contributed by atoms with Crippen molar-refractivity contribution in [2.45, 2.75) is 37.8 Å². The Morgan fingerprint density at radius 3 is 2.47 bits per heavy atom. The minimum Gasteiger partial charge on any atom is -0.385 e. The molecule has 1 fully saturated rings. The third-order valence-corrected chi connectivity index (χ3v) is 8.99. The summed E-state index contributed by atoms with van der Waals surface area (Å²) in [6, 6.07) is 15.2. The monoisotopic (exact) mass is 574 g/mol. The van der Waals surface area contributed by atoms with Gasteiger partial charge >= 0.3 is 0 Å². The van der Waals surface area contributed by atoms with E-state index in [1.54, 1.807) is 54.6 Å². The van der Waals surface area contributed by atoms with Gasteiger partial charge < -0.3 is 9.84 Å². The van der Waals surface area contributed by atoms with Gasteiger partial charge in [-0.1, -0.05) is 53.5 Å². The summed E-state index contributed by atoms with van der Waals surface area (Å²) in [7, 11) is -3.38. The Kier molecular flexibility index (Phi) is 7.08. The molecule has 3 heterocycles. The fraction of sp³-hybridized carbons (Fsp3) is 0.296. The van der Waals surface area contributed by atoms with E-state index in [4.69, 9.17) is 27.9 Å². The lowest BCUT2D eigenvalue weighted by molar-refractivity contribution is -0.191. The molecular formula is C27H24Cl2N2O6S. The number of ketones is 1. The lowest BCUT2D eigenvalue weighted by Gasteiger charge is -2.39. The molecule has 2 aliphatic rings. The first-order chi connectivity index (χ1) is 18.0. The molecule has 8 nitrogen and oxygen atoms in total. The number of aliphatic hydroxyl groups is 1. The zero-order valence-corrected chi connectivity index (χ0v) is 22.6. The first-order valence-electron chi connectivity index (χ1n) is 11.9. The Balaban J connectivity index is 1.73. The number of ether oxygens (including phenoxy) is 1. The van der Waals surface area contributed by atoms with Gasteiger partial charge in [0, 0.05) is 16.8 Å². The van der Waals surface area contributed by atoms with E-state index in [0.717, 1.165) is 0 Å². The standard InChI is InChI=1S/C27H24Cl2N2O6S/c1-16(32)25(33)27(37-21-11-12-38(35,36)15-21)23-4-2-3-22(17-5-7-18(28)8-6-17)24(23)26(34)31(27)14-20-10-9-19(29)13-30-20/h2-10,13,16,21,32H,11-12,14-15H2,1H3/t16?,21?,27-/m1/s1. The van der Waals surface area contributed by atoms with Crippen LogP contribution in [0.25, 0.3) is 11.1 Å². The number of carbonyl (C=O) groups excluding carboxylic acids is 2. The van der Waals surface area contributed by atoms with Crippen molar-refractivity contribution in [1.29, 1.82) is 0 Å². The summed E-state index contributed by atoms with van der Waals surface area (Å²) in [5, 5.41) is 11.5. The number of benzene rings is 2. The minimum absolute atomic E-state index is 0.0963. The summed E-state index contributed by atoms with van der Waals surface area (Å²) < 4.78 is 30.9. The second kappa shape index (κ2) is 10.1. The molecule has 0 saturated carbocycles. The van der Waals surface area contributed by atoms with Gasteiger partial charge in [-0.05, 0) is 48.7 Å². The molecule has 2 aromatic carbocycles. The fourth-order valence-corrected chi connectivity index (χ4v) is 6.86. The van der Waals surface area contributed by atoms with Crippen LogP contribution >= 0.6 is 23.2 Å². The van der Waals surface area contributed by atoms with Crippen molar-refractivity contribution in [3.8, 4) is 11.1 Å². The van der Waals surface area contributed by atoms with E-state index in [9.17, 15) is 23.1 Å². The molecule has 11 heteroatoms. The number of rotatable bonds is 7. The maximum atomic E-state index is 14.2. The lowest BCUT2D eigenvalue weighted by atomic mass is 9.90. The Morgan fingerprint density at radius 2 is 1.87 bits per heavy atom. The molecule has 5 rings (SSSR count). The number of Topliss-reactive ketones (excluding diaryl/α,β-unsaturated/α-hetero) is 1. The molecule has 2 aliphatic heterocycles. The Hall–Kier alpha value is -2.82. The third-order valence-electron chi connectivity index (χ3n) is 6.77. The van der Waals surface area contributed by atoms with Gasteiger partial charge in [-0.15, -0.1) is 0 Å². The number of aromatic nitrogens is 1. The zero-order chi connectivity index (χ0) is 27.2. The molecular weight excluding hydrogens is 551 g/mol. The molecule has 1 N–H and O–H groups in total. The molecule has 0 spiro atoms. The number of pyridine rings is 1. The predicted octanol–water partition coefficient (Wildman–Crippen LogP) is 4.02. The maximum absolute atomic E-state index is 14.2. The van der Waals surface area contributed by atoms with Crippen LogP contribution in [-0.2, 0) is 31.6 Å². The van der Waals surface area contributed by atoms with Crippen molar-refractivity contribution in [3.05, 3.63) is 87.7 Å². The number of fused-ring (bicyclic) bond motifs is 1. The van der Waals surface area contributed by atoms with E-state index in [1.807, 2.05) is 0 Å². The molecule has 2 unspecified atom stereocenters. The van der Waals surface area contributed by atoms with Gasteiger partial charge in [-0.25, -0.2) is 8.42 Å². The molecule has 198 valence electrons. The van der Waals surface area contributed by atoms with Gasteiger partial charge in [0.2, 0.25) is 11.5 Å². The third kappa shape index (κ3) is 4.74. The van der Waals surface area contributed by atoms with Crippen molar-refractivity contribution in [2.75, 3.05) is 11.5 Å². The van der Waals surface area contributed by atoms with Crippen LogP contribution in [0, 0.1) is 0 Å². The second-order valence-electron chi connectivity index (χ2n) is 9.42. The number of hydrogen-bond donors (Lipinski definition) is 1. The van der Waals surface area contributed by atoms with Crippen LogP contribution in [-0.4, -0.2) is 58.8 Å². The number of nitrogens with zero attached hydrogens (tertiary/aromatic N) is 2. The summed E-state index contributed by atoms with van der Waals surface area (Å²) in [5.74, 6) is -1.69. The van der Waals surface area contributed by atoms with E-state index in [1.165, 1.54) is 18.0 Å². The van der Waals surface area contributed by atoms with Gasteiger partial charge in [0.15, 0.2) is 9.84 Å². The normalized spacial score (nSPS) is 22.9. The van der Waals surface area contributed by atoms with Crippen LogP contribution in [0.3, 0.4) is 0 Å². The number of hydrogen-bond acceptors (Lipinski definition) is 7. The van der Waals surface area contributed by atoms with Crippen molar-refractivity contribution in [3.63, 3.8) is 0 Å². The Bertz CT molecular complexity index is 1510. The molecule has 0 aliphatic carbocycles. The van der Waals surface area contributed by atoms with Crippen LogP contribution < -0.4 is 0 Å². The highest BCUT2D eigenvalue weighted by atomic mass is 35.5. The maximum Gasteiger partial charge on any atom is 0.258 e. The van der Waals surface area contributed by atoms with Gasteiger partial charge in [-0.2, -0.15) is 0 Å². The van der Waals surface area contributed by atoms with Crippen molar-refractivity contribution in [1.82, 2.24) is 9.88 Å². The molecule has 3 atom stereocenters. The van der Waals surface area contributed by atoms with Gasteiger partial charge in [0.05, 0.1) is 40.4 Å². The Morgan fingerprint density at radius 1 is 1.16 bits per heavy atom.